The van der Waals surface area contributed by atoms with Crippen LogP contribution in [0.4, 0.5) is 0 Å². The Kier molecular flexibility index (Phi) is 2.56. The molecule has 3 aromatic rings. The molecule has 0 aliphatic carbocycles. The van der Waals surface area contributed by atoms with Crippen molar-refractivity contribution in [2.24, 2.45) is 7.05 Å². The zero-order chi connectivity index (χ0) is 13.4. The maximum atomic E-state index is 12.3. The molecule has 0 saturated heterocycles. The van der Waals surface area contributed by atoms with Gasteiger partial charge in [0.2, 0.25) is 0 Å². The first kappa shape index (κ1) is 11.5. The normalized spacial score (nSPS) is 10.8. The average Bonchev–Trinajstić information content (AvgIpc) is 2.82. The minimum absolute atomic E-state index is 0.136. The highest BCUT2D eigenvalue weighted by Crippen LogP contribution is 2.14. The van der Waals surface area contributed by atoms with Crippen LogP contribution in [-0.4, -0.2) is 26.4 Å². The summed E-state index contributed by atoms with van der Waals surface area (Å²) in [5, 5.41) is 4.54. The smallest absolute Gasteiger partial charge is 0.269 e. The third kappa shape index (κ3) is 1.77. The zero-order valence-electron chi connectivity index (χ0n) is 10.6. The molecule has 3 rings (SSSR count). The Morgan fingerprint density at radius 3 is 2.63 bits per heavy atom. The minimum atomic E-state index is -0.136. The Labute approximate surface area is 108 Å². The highest BCUT2D eigenvalue weighted by Gasteiger charge is 2.09. The quantitative estimate of drug-likeness (QED) is 0.689. The molecule has 0 aliphatic rings. The summed E-state index contributed by atoms with van der Waals surface area (Å²) in [5.41, 5.74) is 1.18. The number of nitrogens with zero attached hydrogens (tertiary/aromatic N) is 4. The van der Waals surface area contributed by atoms with Gasteiger partial charge in [0, 0.05) is 7.05 Å². The van der Waals surface area contributed by atoms with Crippen molar-refractivity contribution in [1.82, 2.24) is 19.3 Å². The van der Waals surface area contributed by atoms with Gasteiger partial charge in [-0.25, -0.2) is 4.98 Å². The molecular formula is C13H12N4O2. The van der Waals surface area contributed by atoms with E-state index in [9.17, 15) is 4.79 Å². The SMILES string of the molecule is COc1ccc(-n2cnc3c(cnn3C)c2=O)cc1. The van der Waals surface area contributed by atoms with Crippen LogP contribution in [0.2, 0.25) is 0 Å². The van der Waals surface area contributed by atoms with Gasteiger partial charge in [-0.15, -0.1) is 0 Å². The third-order valence-corrected chi connectivity index (χ3v) is 3.00. The van der Waals surface area contributed by atoms with Crippen molar-refractivity contribution in [1.29, 1.82) is 0 Å². The van der Waals surface area contributed by atoms with Crippen molar-refractivity contribution in [3.63, 3.8) is 0 Å². The molecular weight excluding hydrogens is 244 g/mol. The number of methoxy groups -OCH3 is 1. The standard InChI is InChI=1S/C13H12N4O2/c1-16-12-11(7-15-16)13(18)17(8-14-12)9-3-5-10(19-2)6-4-9/h3-8H,1-2H3. The monoisotopic (exact) mass is 256 g/mol. The van der Waals surface area contributed by atoms with E-state index < -0.39 is 0 Å². The molecule has 6 heteroatoms. The van der Waals surface area contributed by atoms with Gasteiger partial charge >= 0.3 is 0 Å². The molecule has 0 fully saturated rings. The Hall–Kier alpha value is -2.63. The van der Waals surface area contributed by atoms with Crippen LogP contribution < -0.4 is 10.3 Å². The lowest BCUT2D eigenvalue weighted by Crippen LogP contribution is -2.18. The Morgan fingerprint density at radius 2 is 1.95 bits per heavy atom. The largest absolute Gasteiger partial charge is 0.497 e. The number of hydrogen-bond acceptors (Lipinski definition) is 4. The average molecular weight is 256 g/mol. The lowest BCUT2D eigenvalue weighted by atomic mass is 10.3. The fourth-order valence-corrected chi connectivity index (χ4v) is 1.96. The molecule has 0 amide bonds. The number of hydrogen-bond donors (Lipinski definition) is 0. The lowest BCUT2D eigenvalue weighted by molar-refractivity contribution is 0.414. The predicted molar refractivity (Wildman–Crippen MR) is 70.7 cm³/mol. The minimum Gasteiger partial charge on any atom is -0.497 e. The van der Waals surface area contributed by atoms with Crippen LogP contribution in [-0.2, 0) is 7.05 Å². The van der Waals surface area contributed by atoms with E-state index in [1.807, 2.05) is 12.1 Å². The molecule has 96 valence electrons. The summed E-state index contributed by atoms with van der Waals surface area (Å²) in [6.07, 6.45) is 3.04. The predicted octanol–water partition coefficient (Wildman–Crippen LogP) is 1.13. The second kappa shape index (κ2) is 4.24. The molecule has 0 spiro atoms. The Morgan fingerprint density at radius 1 is 1.21 bits per heavy atom. The maximum Gasteiger partial charge on any atom is 0.269 e. The fourth-order valence-electron chi connectivity index (χ4n) is 1.96. The maximum absolute atomic E-state index is 12.3. The summed E-state index contributed by atoms with van der Waals surface area (Å²) < 4.78 is 8.16. The van der Waals surface area contributed by atoms with Crippen LogP contribution in [0.1, 0.15) is 0 Å². The van der Waals surface area contributed by atoms with Crippen molar-refractivity contribution in [2.75, 3.05) is 7.11 Å². The van der Waals surface area contributed by atoms with Gasteiger partial charge in [0.1, 0.15) is 17.5 Å². The van der Waals surface area contributed by atoms with Crippen molar-refractivity contribution < 1.29 is 4.74 Å². The highest BCUT2D eigenvalue weighted by atomic mass is 16.5. The molecule has 0 N–H and O–H groups in total. The molecule has 2 aromatic heterocycles. The van der Waals surface area contributed by atoms with Gasteiger partial charge in [0.15, 0.2) is 5.65 Å². The summed E-state index contributed by atoms with van der Waals surface area (Å²) >= 11 is 0. The fraction of sp³-hybridized carbons (Fsp3) is 0.154. The van der Waals surface area contributed by atoms with E-state index in [1.54, 1.807) is 31.0 Å². The molecule has 6 nitrogen and oxygen atoms in total. The number of fused-ring (bicyclic) bond motifs is 1. The summed E-state index contributed by atoms with van der Waals surface area (Å²) in [6.45, 7) is 0. The van der Waals surface area contributed by atoms with Crippen LogP contribution in [0, 0.1) is 0 Å². The highest BCUT2D eigenvalue weighted by molar-refractivity contribution is 5.73. The summed E-state index contributed by atoms with van der Waals surface area (Å²) in [6, 6.07) is 7.22. The van der Waals surface area contributed by atoms with Crippen molar-refractivity contribution in [3.8, 4) is 11.4 Å². The molecule has 0 aliphatic heterocycles. The molecule has 1 aromatic carbocycles. The van der Waals surface area contributed by atoms with Crippen LogP contribution in [0.5, 0.6) is 5.75 Å². The Bertz CT molecular complexity index is 787. The Balaban J connectivity index is 2.19. The van der Waals surface area contributed by atoms with E-state index in [4.69, 9.17) is 4.74 Å². The first-order valence-corrected chi connectivity index (χ1v) is 5.74. The number of ether oxygens (including phenoxy) is 1. The van der Waals surface area contributed by atoms with E-state index in [0.29, 0.717) is 11.0 Å². The zero-order valence-corrected chi connectivity index (χ0v) is 10.6. The van der Waals surface area contributed by atoms with Crippen LogP contribution in [0.15, 0.2) is 41.6 Å². The molecule has 0 unspecified atom stereocenters. The van der Waals surface area contributed by atoms with E-state index in [0.717, 1.165) is 11.4 Å². The van der Waals surface area contributed by atoms with E-state index >= 15 is 0 Å². The van der Waals surface area contributed by atoms with Gasteiger partial charge in [-0.1, -0.05) is 0 Å². The number of aryl methyl sites for hydroxylation is 1. The molecule has 0 radical (unpaired) electrons. The van der Waals surface area contributed by atoms with Gasteiger partial charge in [0.25, 0.3) is 5.56 Å². The van der Waals surface area contributed by atoms with Crippen molar-refractivity contribution in [2.45, 2.75) is 0 Å². The lowest BCUT2D eigenvalue weighted by Gasteiger charge is -2.06. The van der Waals surface area contributed by atoms with Gasteiger partial charge in [-0.3, -0.25) is 14.0 Å². The molecule has 19 heavy (non-hydrogen) atoms. The van der Waals surface area contributed by atoms with Crippen LogP contribution in [0.25, 0.3) is 16.7 Å². The second-order valence-electron chi connectivity index (χ2n) is 4.12. The van der Waals surface area contributed by atoms with Crippen molar-refractivity contribution >= 4 is 11.0 Å². The van der Waals surface area contributed by atoms with Gasteiger partial charge < -0.3 is 4.74 Å². The number of aromatic nitrogens is 4. The van der Waals surface area contributed by atoms with Gasteiger partial charge in [0.05, 0.1) is 19.0 Å². The summed E-state index contributed by atoms with van der Waals surface area (Å²) in [5.74, 6) is 0.743. The van der Waals surface area contributed by atoms with E-state index in [-0.39, 0.29) is 5.56 Å². The van der Waals surface area contributed by atoms with Crippen molar-refractivity contribution in [3.05, 3.63) is 47.1 Å². The van der Waals surface area contributed by atoms with Gasteiger partial charge in [-0.05, 0) is 24.3 Å². The molecule has 0 atom stereocenters. The summed E-state index contributed by atoms with van der Waals surface area (Å²) in [7, 11) is 3.36. The third-order valence-electron chi connectivity index (χ3n) is 3.00. The van der Waals surface area contributed by atoms with Crippen LogP contribution >= 0.6 is 0 Å². The first-order valence-electron chi connectivity index (χ1n) is 5.74. The molecule has 0 bridgehead atoms. The number of rotatable bonds is 2. The number of benzene rings is 1. The topological polar surface area (TPSA) is 61.9 Å². The van der Waals surface area contributed by atoms with Gasteiger partial charge in [-0.2, -0.15) is 5.10 Å². The second-order valence-corrected chi connectivity index (χ2v) is 4.12. The van der Waals surface area contributed by atoms with E-state index in [1.165, 1.54) is 17.1 Å². The molecule has 2 heterocycles. The summed E-state index contributed by atoms with van der Waals surface area (Å²) in [4.78, 5) is 16.6. The molecule has 0 saturated carbocycles. The first-order chi connectivity index (χ1) is 9.20. The van der Waals surface area contributed by atoms with Crippen LogP contribution in [0.3, 0.4) is 0 Å². The van der Waals surface area contributed by atoms with E-state index in [2.05, 4.69) is 10.1 Å².